The van der Waals surface area contributed by atoms with E-state index in [2.05, 4.69) is 30.2 Å². The van der Waals surface area contributed by atoms with Gasteiger partial charge in [0, 0.05) is 17.0 Å². The second-order valence-corrected chi connectivity index (χ2v) is 9.36. The van der Waals surface area contributed by atoms with E-state index in [1.807, 2.05) is 0 Å². The fourth-order valence-corrected chi connectivity index (χ4v) is 4.49. The van der Waals surface area contributed by atoms with Crippen molar-refractivity contribution in [1.29, 1.82) is 5.26 Å². The largest absolute Gasteiger partial charge is 0.493 e. The number of hydrogen-bond acceptors (Lipinski definition) is 8. The van der Waals surface area contributed by atoms with E-state index in [9.17, 15) is 9.65 Å². The van der Waals surface area contributed by atoms with Crippen molar-refractivity contribution in [2.75, 3.05) is 32.4 Å². The minimum Gasteiger partial charge on any atom is -0.493 e. The van der Waals surface area contributed by atoms with Crippen molar-refractivity contribution in [1.82, 2.24) is 9.97 Å². The highest BCUT2D eigenvalue weighted by molar-refractivity contribution is 7.99. The van der Waals surface area contributed by atoms with Gasteiger partial charge >= 0.3 is 0 Å². The third kappa shape index (κ3) is 6.27. The van der Waals surface area contributed by atoms with E-state index in [0.717, 1.165) is 12.2 Å². The summed E-state index contributed by atoms with van der Waals surface area (Å²) in [4.78, 5) is 9.29. The summed E-state index contributed by atoms with van der Waals surface area (Å²) in [6, 6.07) is 9.86. The van der Waals surface area contributed by atoms with Crippen LogP contribution in [0.1, 0.15) is 25.8 Å². The molecule has 0 unspecified atom stereocenters. The highest BCUT2D eigenvalue weighted by Gasteiger charge is 2.21. The van der Waals surface area contributed by atoms with Gasteiger partial charge in [-0.05, 0) is 42.7 Å². The van der Waals surface area contributed by atoms with E-state index in [1.165, 1.54) is 51.3 Å². The van der Waals surface area contributed by atoms with Crippen LogP contribution in [-0.2, 0) is 0 Å². The van der Waals surface area contributed by atoms with Crippen LogP contribution in [0.15, 0.2) is 35.5 Å². The average molecular weight is 517 g/mol. The van der Waals surface area contributed by atoms with Gasteiger partial charge in [0.1, 0.15) is 17.4 Å². The molecule has 0 saturated carbocycles. The maximum absolute atomic E-state index is 13.7. The first-order chi connectivity index (χ1) is 16.8. The number of thioether (sulfide) groups is 1. The molecule has 0 atom stereocenters. The van der Waals surface area contributed by atoms with E-state index in [-0.39, 0.29) is 16.4 Å². The van der Waals surface area contributed by atoms with Gasteiger partial charge in [-0.1, -0.05) is 37.2 Å². The van der Waals surface area contributed by atoms with Crippen LogP contribution in [-0.4, -0.2) is 37.1 Å². The Morgan fingerprint density at radius 2 is 1.77 bits per heavy atom. The van der Waals surface area contributed by atoms with Crippen LogP contribution in [0.25, 0.3) is 11.3 Å². The van der Waals surface area contributed by atoms with Crippen molar-refractivity contribution >= 4 is 34.9 Å². The number of rotatable bonds is 10. The number of ether oxygens (including phenoxy) is 3. The number of methoxy groups -OCH3 is 3. The molecule has 0 saturated heterocycles. The number of nitrogens with zero attached hydrogens (tertiary/aromatic N) is 3. The molecule has 1 heterocycles. The molecule has 7 nitrogen and oxygen atoms in total. The maximum atomic E-state index is 13.7. The fourth-order valence-electron chi connectivity index (χ4n) is 3.22. The van der Waals surface area contributed by atoms with Gasteiger partial charge in [0.15, 0.2) is 22.5 Å². The molecule has 0 radical (unpaired) electrons. The van der Waals surface area contributed by atoms with Gasteiger partial charge in [-0.25, -0.2) is 14.4 Å². The number of benzene rings is 2. The quantitative estimate of drug-likeness (QED) is 0.235. The van der Waals surface area contributed by atoms with E-state index in [4.69, 9.17) is 30.8 Å². The monoisotopic (exact) mass is 516 g/mol. The molecule has 1 N–H and O–H groups in total. The lowest BCUT2D eigenvalue weighted by molar-refractivity contribution is 0.324. The minimum atomic E-state index is -0.538. The number of anilines is 2. The van der Waals surface area contributed by atoms with Crippen LogP contribution < -0.4 is 19.5 Å². The number of halogens is 2. The Bertz CT molecular complexity index is 1230. The zero-order valence-electron chi connectivity index (χ0n) is 20.1. The molecular formula is C25H26ClFN4O3S. The minimum absolute atomic E-state index is 0.0426. The van der Waals surface area contributed by atoms with Crippen molar-refractivity contribution in [3.8, 4) is 34.6 Å². The van der Waals surface area contributed by atoms with Gasteiger partial charge in [0.25, 0.3) is 0 Å². The molecule has 0 aliphatic heterocycles. The van der Waals surface area contributed by atoms with E-state index in [0.29, 0.717) is 45.3 Å². The van der Waals surface area contributed by atoms with E-state index >= 15 is 0 Å². The molecule has 10 heteroatoms. The number of nitrogens with one attached hydrogen (secondary N) is 1. The van der Waals surface area contributed by atoms with Crippen molar-refractivity contribution in [2.45, 2.75) is 25.4 Å². The summed E-state index contributed by atoms with van der Waals surface area (Å²) < 4.78 is 30.1. The zero-order chi connectivity index (χ0) is 25.5. The third-order valence-corrected chi connectivity index (χ3v) is 6.22. The molecule has 0 amide bonds. The van der Waals surface area contributed by atoms with Gasteiger partial charge in [-0.2, -0.15) is 5.26 Å². The highest BCUT2D eigenvalue weighted by atomic mass is 35.5. The number of aromatic nitrogens is 2. The maximum Gasteiger partial charge on any atom is 0.203 e. The molecule has 3 rings (SSSR count). The SMILES string of the molecule is COc1cc(-c2nc(SCCC(C)C)nc(Nc3ccc(F)c(Cl)c3)c2C#N)cc(OC)c1OC. The van der Waals surface area contributed by atoms with Gasteiger partial charge in [-0.3, -0.25) is 0 Å². The first kappa shape index (κ1) is 26.4. The Hall–Kier alpha value is -3.22. The Kier molecular flexibility index (Phi) is 9.01. The van der Waals surface area contributed by atoms with Gasteiger partial charge in [0.2, 0.25) is 5.75 Å². The first-order valence-corrected chi connectivity index (χ1v) is 12.1. The molecule has 0 bridgehead atoms. The molecule has 0 aliphatic carbocycles. The molecule has 0 fully saturated rings. The molecule has 3 aromatic rings. The summed E-state index contributed by atoms with van der Waals surface area (Å²) in [5, 5.41) is 13.6. The van der Waals surface area contributed by atoms with Crippen LogP contribution in [0.4, 0.5) is 15.9 Å². The molecule has 2 aromatic carbocycles. The molecular weight excluding hydrogens is 491 g/mol. The van der Waals surface area contributed by atoms with E-state index in [1.54, 1.807) is 12.1 Å². The average Bonchev–Trinajstić information content (AvgIpc) is 2.84. The topological polar surface area (TPSA) is 89.3 Å². The Balaban J connectivity index is 2.18. The second kappa shape index (κ2) is 12.0. The third-order valence-electron chi connectivity index (χ3n) is 5.05. The summed E-state index contributed by atoms with van der Waals surface area (Å²) in [6.07, 6.45) is 0.976. The summed E-state index contributed by atoms with van der Waals surface area (Å²) in [5.41, 5.74) is 1.67. The lowest BCUT2D eigenvalue weighted by Gasteiger charge is -2.16. The molecule has 0 spiro atoms. The summed E-state index contributed by atoms with van der Waals surface area (Å²) in [5.74, 6) is 2.35. The van der Waals surface area contributed by atoms with Crippen LogP contribution in [0.3, 0.4) is 0 Å². The van der Waals surface area contributed by atoms with E-state index < -0.39 is 5.82 Å². The summed E-state index contributed by atoms with van der Waals surface area (Å²) in [7, 11) is 4.56. The second-order valence-electron chi connectivity index (χ2n) is 7.89. The predicted molar refractivity (Wildman–Crippen MR) is 137 cm³/mol. The molecule has 35 heavy (non-hydrogen) atoms. The summed E-state index contributed by atoms with van der Waals surface area (Å²) >= 11 is 7.44. The Morgan fingerprint density at radius 3 is 2.31 bits per heavy atom. The molecule has 1 aromatic heterocycles. The lowest BCUT2D eigenvalue weighted by Crippen LogP contribution is -2.05. The van der Waals surface area contributed by atoms with Crippen molar-refractivity contribution in [2.24, 2.45) is 5.92 Å². The standard InChI is InChI=1S/C25H26ClFN4O3S/c1-14(2)8-9-35-25-30-22(15-10-20(32-3)23(34-5)21(11-15)33-4)17(13-28)24(31-25)29-16-6-7-19(27)18(26)12-16/h6-7,10-12,14H,8-9H2,1-5H3,(H,29,30,31). The van der Waals surface area contributed by atoms with Gasteiger partial charge < -0.3 is 19.5 Å². The van der Waals surface area contributed by atoms with Crippen LogP contribution >= 0.6 is 23.4 Å². The van der Waals surface area contributed by atoms with Crippen LogP contribution in [0.5, 0.6) is 17.2 Å². The van der Waals surface area contributed by atoms with Gasteiger partial charge in [0.05, 0.1) is 32.0 Å². The molecule has 0 aliphatic rings. The zero-order valence-corrected chi connectivity index (χ0v) is 21.7. The van der Waals surface area contributed by atoms with Crippen LogP contribution in [0, 0.1) is 23.1 Å². The Labute approximate surface area is 213 Å². The predicted octanol–water partition coefficient (Wildman–Crippen LogP) is 6.72. The summed E-state index contributed by atoms with van der Waals surface area (Å²) in [6.45, 7) is 4.29. The highest BCUT2D eigenvalue weighted by Crippen LogP contribution is 2.42. The smallest absolute Gasteiger partial charge is 0.203 e. The normalized spacial score (nSPS) is 10.7. The van der Waals surface area contributed by atoms with Crippen molar-refractivity contribution in [3.63, 3.8) is 0 Å². The number of nitriles is 1. The first-order valence-electron chi connectivity index (χ1n) is 10.8. The lowest BCUT2D eigenvalue weighted by atomic mass is 10.1. The van der Waals surface area contributed by atoms with Crippen molar-refractivity contribution < 1.29 is 18.6 Å². The van der Waals surface area contributed by atoms with Crippen LogP contribution in [0.2, 0.25) is 5.02 Å². The molecule has 184 valence electrons. The van der Waals surface area contributed by atoms with Gasteiger partial charge in [-0.15, -0.1) is 0 Å². The Morgan fingerprint density at radius 1 is 1.09 bits per heavy atom. The fraction of sp³-hybridized carbons (Fsp3) is 0.320. The van der Waals surface area contributed by atoms with Crippen molar-refractivity contribution in [3.05, 3.63) is 46.7 Å². The number of hydrogen-bond donors (Lipinski definition) is 1.